The van der Waals surface area contributed by atoms with Crippen LogP contribution in [0.3, 0.4) is 0 Å². The highest BCUT2D eigenvalue weighted by Gasteiger charge is 2.43. The van der Waals surface area contributed by atoms with Gasteiger partial charge in [0.05, 0.1) is 7.11 Å². The van der Waals surface area contributed by atoms with E-state index in [1.807, 2.05) is 31.2 Å². The Balaban J connectivity index is 1.97. The molecular formula is C16H21NO4S. The predicted molar refractivity (Wildman–Crippen MR) is 86.3 cm³/mol. The van der Waals surface area contributed by atoms with Crippen molar-refractivity contribution >= 4 is 23.6 Å². The SMILES string of the molecule is COc1ccc(CC(C)C(=O)NC2(C(=O)O)CCSC2)cc1. The number of methoxy groups -OCH3 is 1. The number of benzene rings is 1. The lowest BCUT2D eigenvalue weighted by molar-refractivity contribution is -0.147. The Morgan fingerprint density at radius 3 is 2.59 bits per heavy atom. The molecule has 1 saturated heterocycles. The van der Waals surface area contributed by atoms with Gasteiger partial charge >= 0.3 is 5.97 Å². The molecule has 2 unspecified atom stereocenters. The molecule has 1 heterocycles. The number of carboxylic acids is 1. The second kappa shape index (κ2) is 7.05. The first-order chi connectivity index (χ1) is 10.5. The smallest absolute Gasteiger partial charge is 0.330 e. The minimum Gasteiger partial charge on any atom is -0.497 e. The summed E-state index contributed by atoms with van der Waals surface area (Å²) >= 11 is 1.56. The maximum absolute atomic E-state index is 12.3. The molecule has 0 spiro atoms. The zero-order chi connectivity index (χ0) is 16.2. The van der Waals surface area contributed by atoms with Crippen LogP contribution in [0, 0.1) is 5.92 Å². The van der Waals surface area contributed by atoms with Crippen LogP contribution in [0.25, 0.3) is 0 Å². The van der Waals surface area contributed by atoms with Crippen LogP contribution < -0.4 is 10.1 Å². The zero-order valence-electron chi connectivity index (χ0n) is 12.8. The van der Waals surface area contributed by atoms with E-state index in [1.165, 1.54) is 0 Å². The Kier molecular flexibility index (Phi) is 5.34. The Labute approximate surface area is 134 Å². The van der Waals surface area contributed by atoms with E-state index in [1.54, 1.807) is 18.9 Å². The van der Waals surface area contributed by atoms with Crippen LogP contribution in [0.1, 0.15) is 18.9 Å². The fourth-order valence-corrected chi connectivity index (χ4v) is 3.78. The van der Waals surface area contributed by atoms with Crippen LogP contribution in [0.4, 0.5) is 0 Å². The van der Waals surface area contributed by atoms with Crippen LogP contribution in [0.15, 0.2) is 24.3 Å². The molecule has 2 rings (SSSR count). The molecule has 2 atom stereocenters. The van der Waals surface area contributed by atoms with E-state index < -0.39 is 11.5 Å². The number of hydrogen-bond donors (Lipinski definition) is 2. The topological polar surface area (TPSA) is 75.6 Å². The standard InChI is InChI=1S/C16H21NO4S/c1-11(9-12-3-5-13(21-2)6-4-12)14(18)17-16(15(19)20)7-8-22-10-16/h3-6,11H,7-10H2,1-2H3,(H,17,18)(H,19,20). The number of carbonyl (C=O) groups is 2. The first-order valence-electron chi connectivity index (χ1n) is 7.23. The third-order valence-electron chi connectivity index (χ3n) is 3.94. The first-order valence-corrected chi connectivity index (χ1v) is 8.38. The molecule has 0 saturated carbocycles. The highest BCUT2D eigenvalue weighted by Crippen LogP contribution is 2.28. The molecule has 120 valence electrons. The summed E-state index contributed by atoms with van der Waals surface area (Å²) in [5.74, 6) is 0.537. The second-order valence-electron chi connectivity index (χ2n) is 5.63. The van der Waals surface area contributed by atoms with Crippen molar-refractivity contribution in [3.05, 3.63) is 29.8 Å². The Bertz CT molecular complexity index is 538. The molecule has 1 fully saturated rings. The van der Waals surface area contributed by atoms with Gasteiger partial charge in [0.25, 0.3) is 0 Å². The van der Waals surface area contributed by atoms with E-state index in [4.69, 9.17) is 4.74 Å². The lowest BCUT2D eigenvalue weighted by Crippen LogP contribution is -2.56. The minimum absolute atomic E-state index is 0.208. The van der Waals surface area contributed by atoms with Crippen LogP contribution in [-0.4, -0.2) is 41.1 Å². The Hall–Kier alpha value is -1.69. The van der Waals surface area contributed by atoms with Crippen LogP contribution >= 0.6 is 11.8 Å². The first kappa shape index (κ1) is 16.7. The van der Waals surface area contributed by atoms with E-state index in [2.05, 4.69) is 5.32 Å². The number of aliphatic carboxylic acids is 1. The van der Waals surface area contributed by atoms with Gasteiger partial charge < -0.3 is 15.2 Å². The van der Waals surface area contributed by atoms with Gasteiger partial charge in [0.1, 0.15) is 11.3 Å². The Morgan fingerprint density at radius 1 is 1.41 bits per heavy atom. The summed E-state index contributed by atoms with van der Waals surface area (Å²) in [6.45, 7) is 1.82. The average molecular weight is 323 g/mol. The lowest BCUT2D eigenvalue weighted by atomic mass is 9.95. The van der Waals surface area contributed by atoms with Gasteiger partial charge in [-0.2, -0.15) is 11.8 Å². The van der Waals surface area contributed by atoms with Crippen molar-refractivity contribution in [2.45, 2.75) is 25.3 Å². The highest BCUT2D eigenvalue weighted by atomic mass is 32.2. The number of ether oxygens (including phenoxy) is 1. The molecule has 5 nitrogen and oxygen atoms in total. The molecule has 0 radical (unpaired) electrons. The van der Waals surface area contributed by atoms with Gasteiger partial charge in [-0.15, -0.1) is 0 Å². The lowest BCUT2D eigenvalue weighted by Gasteiger charge is -2.26. The zero-order valence-corrected chi connectivity index (χ0v) is 13.6. The number of nitrogens with one attached hydrogen (secondary N) is 1. The molecule has 0 aromatic heterocycles. The van der Waals surface area contributed by atoms with Gasteiger partial charge in [0.15, 0.2) is 0 Å². The van der Waals surface area contributed by atoms with Gasteiger partial charge in [0, 0.05) is 11.7 Å². The van der Waals surface area contributed by atoms with E-state index in [9.17, 15) is 14.7 Å². The molecule has 22 heavy (non-hydrogen) atoms. The van der Waals surface area contributed by atoms with E-state index in [0.717, 1.165) is 17.1 Å². The summed E-state index contributed by atoms with van der Waals surface area (Å²) in [6, 6.07) is 7.54. The van der Waals surface area contributed by atoms with Crippen LogP contribution in [0.2, 0.25) is 0 Å². The molecule has 1 aromatic rings. The number of rotatable bonds is 6. The third kappa shape index (κ3) is 3.74. The fraction of sp³-hybridized carbons (Fsp3) is 0.500. The summed E-state index contributed by atoms with van der Waals surface area (Å²) in [5.41, 5.74) is -0.0794. The molecule has 0 aliphatic carbocycles. The largest absolute Gasteiger partial charge is 0.497 e. The van der Waals surface area contributed by atoms with Gasteiger partial charge in [-0.1, -0.05) is 19.1 Å². The summed E-state index contributed by atoms with van der Waals surface area (Å²) in [6.07, 6.45) is 1.05. The Morgan fingerprint density at radius 2 is 2.09 bits per heavy atom. The molecule has 1 aliphatic rings. The van der Waals surface area contributed by atoms with E-state index in [0.29, 0.717) is 18.6 Å². The maximum Gasteiger partial charge on any atom is 0.330 e. The van der Waals surface area contributed by atoms with Gasteiger partial charge in [-0.3, -0.25) is 4.79 Å². The molecular weight excluding hydrogens is 302 g/mol. The highest BCUT2D eigenvalue weighted by molar-refractivity contribution is 7.99. The number of carboxylic acid groups (broad SMARTS) is 1. The van der Waals surface area contributed by atoms with Gasteiger partial charge in [-0.25, -0.2) is 4.79 Å². The predicted octanol–water partition coefficient (Wildman–Crippen LogP) is 1.95. The molecule has 1 aromatic carbocycles. The second-order valence-corrected chi connectivity index (χ2v) is 6.74. The summed E-state index contributed by atoms with van der Waals surface area (Å²) in [4.78, 5) is 23.8. The van der Waals surface area contributed by atoms with Gasteiger partial charge in [-0.05, 0) is 36.3 Å². The summed E-state index contributed by atoms with van der Waals surface area (Å²) < 4.78 is 5.10. The number of amides is 1. The minimum atomic E-state index is -1.10. The fourth-order valence-electron chi connectivity index (χ4n) is 2.45. The number of thioether (sulfide) groups is 1. The molecule has 6 heteroatoms. The summed E-state index contributed by atoms with van der Waals surface area (Å²) in [7, 11) is 1.61. The van der Waals surface area contributed by atoms with Crippen LogP contribution in [0.5, 0.6) is 5.75 Å². The van der Waals surface area contributed by atoms with Crippen molar-refractivity contribution in [2.24, 2.45) is 5.92 Å². The summed E-state index contributed by atoms with van der Waals surface area (Å²) in [5, 5.41) is 12.2. The van der Waals surface area contributed by atoms with Crippen molar-refractivity contribution in [1.29, 1.82) is 0 Å². The van der Waals surface area contributed by atoms with Crippen molar-refractivity contribution in [3.8, 4) is 5.75 Å². The molecule has 0 bridgehead atoms. The van der Waals surface area contributed by atoms with Crippen molar-refractivity contribution < 1.29 is 19.4 Å². The van der Waals surface area contributed by atoms with Crippen LogP contribution in [-0.2, 0) is 16.0 Å². The van der Waals surface area contributed by atoms with Crippen molar-refractivity contribution in [2.75, 3.05) is 18.6 Å². The average Bonchev–Trinajstić information content (AvgIpc) is 2.98. The quantitative estimate of drug-likeness (QED) is 0.837. The molecule has 1 amide bonds. The monoisotopic (exact) mass is 323 g/mol. The van der Waals surface area contributed by atoms with Crippen molar-refractivity contribution in [1.82, 2.24) is 5.32 Å². The van der Waals surface area contributed by atoms with Gasteiger partial charge in [0.2, 0.25) is 5.91 Å². The third-order valence-corrected chi connectivity index (χ3v) is 5.13. The van der Waals surface area contributed by atoms with E-state index >= 15 is 0 Å². The molecule has 2 N–H and O–H groups in total. The number of carbonyl (C=O) groups excluding carboxylic acids is 1. The van der Waals surface area contributed by atoms with E-state index in [-0.39, 0.29) is 11.8 Å². The maximum atomic E-state index is 12.3. The molecule has 1 aliphatic heterocycles. The number of hydrogen-bond acceptors (Lipinski definition) is 4. The normalized spacial score (nSPS) is 22.1. The van der Waals surface area contributed by atoms with Crippen molar-refractivity contribution in [3.63, 3.8) is 0 Å².